The van der Waals surface area contributed by atoms with Crippen LogP contribution in [0.2, 0.25) is 0 Å². The highest BCUT2D eigenvalue weighted by molar-refractivity contribution is 7.89. The number of nitrogens with zero attached hydrogens (tertiary/aromatic N) is 5. The first-order chi connectivity index (χ1) is 19.4. The summed E-state index contributed by atoms with van der Waals surface area (Å²) in [7, 11) is -3.85. The molecule has 2 aromatic heterocycles. The van der Waals surface area contributed by atoms with Crippen LogP contribution in [0, 0.1) is 19.3 Å². The molecule has 2 atom stereocenters. The van der Waals surface area contributed by atoms with E-state index in [2.05, 4.69) is 10.3 Å². The van der Waals surface area contributed by atoms with Crippen LogP contribution < -0.4 is 4.74 Å². The van der Waals surface area contributed by atoms with Gasteiger partial charge in [-0.25, -0.2) is 18.1 Å². The molecule has 0 amide bonds. The van der Waals surface area contributed by atoms with Gasteiger partial charge in [0.25, 0.3) is 0 Å². The van der Waals surface area contributed by atoms with Gasteiger partial charge in [-0.1, -0.05) is 30.3 Å². The molecule has 4 aromatic rings. The molecule has 1 N–H and O–H groups in total. The number of sulfonamides is 1. The quantitative estimate of drug-likeness (QED) is 0.296. The molecule has 3 heterocycles. The molecule has 218 valence electrons. The van der Waals surface area contributed by atoms with E-state index >= 15 is 0 Å². The van der Waals surface area contributed by atoms with Crippen LogP contribution in [0.25, 0.3) is 11.0 Å². The zero-order chi connectivity index (χ0) is 29.7. The average molecular weight is 598 g/mol. The highest BCUT2D eigenvalue weighted by Crippen LogP contribution is 2.45. The van der Waals surface area contributed by atoms with Crippen molar-refractivity contribution in [3.8, 4) is 5.75 Å². The van der Waals surface area contributed by atoms with Crippen LogP contribution in [0.4, 0.5) is 0 Å². The standard InChI is InChI=1S/C29H35N5O5S2/c1-7-19-15-33(41(37,38)24-12-10-9-11-23(24)39-19)16-21-18(4)40-27(30-21)25(29(5,6)28(35)36)20-13-14-22-26(17(20)3)31-32-34(22)8-2/h9-14,19,25H,7-8,15-16H2,1-6H3,(H,35,36)/t19-,25+/m1/s1. The number of hydrogen-bond acceptors (Lipinski definition) is 8. The number of ether oxygens (including phenoxy) is 1. The lowest BCUT2D eigenvalue weighted by atomic mass is 9.74. The van der Waals surface area contributed by atoms with Gasteiger partial charge in [0, 0.05) is 11.4 Å². The number of hydrogen-bond donors (Lipinski definition) is 1. The second-order valence-corrected chi connectivity index (χ2v) is 14.1. The maximum atomic E-state index is 13.7. The summed E-state index contributed by atoms with van der Waals surface area (Å²) in [5.74, 6) is -1.20. The van der Waals surface area contributed by atoms with Crippen LogP contribution in [-0.2, 0) is 27.9 Å². The summed E-state index contributed by atoms with van der Waals surface area (Å²) in [6.07, 6.45) is 0.331. The lowest BCUT2D eigenvalue weighted by molar-refractivity contribution is -0.147. The van der Waals surface area contributed by atoms with Gasteiger partial charge in [0.1, 0.15) is 27.3 Å². The van der Waals surface area contributed by atoms with Gasteiger partial charge in [-0.15, -0.1) is 16.4 Å². The smallest absolute Gasteiger partial charge is 0.310 e. The Kier molecular flexibility index (Phi) is 7.68. The van der Waals surface area contributed by atoms with E-state index in [1.807, 2.05) is 44.5 Å². The van der Waals surface area contributed by atoms with Crippen molar-refractivity contribution in [2.75, 3.05) is 6.54 Å². The largest absolute Gasteiger partial charge is 0.488 e. The van der Waals surface area contributed by atoms with Gasteiger partial charge >= 0.3 is 5.97 Å². The molecule has 12 heteroatoms. The number of carbonyl (C=O) groups is 1. The average Bonchev–Trinajstić information content (AvgIpc) is 3.49. The molecule has 1 aliphatic heterocycles. The number of aromatic nitrogens is 4. The number of benzene rings is 2. The minimum absolute atomic E-state index is 0.0575. The van der Waals surface area contributed by atoms with Crippen LogP contribution in [0.15, 0.2) is 41.3 Å². The van der Waals surface area contributed by atoms with E-state index in [0.717, 1.165) is 27.0 Å². The van der Waals surface area contributed by atoms with Crippen molar-refractivity contribution in [2.45, 2.75) is 78.0 Å². The summed E-state index contributed by atoms with van der Waals surface area (Å²) in [6, 6.07) is 10.6. The second kappa shape index (κ2) is 10.8. The lowest BCUT2D eigenvalue weighted by Crippen LogP contribution is -2.36. The van der Waals surface area contributed by atoms with Crippen molar-refractivity contribution in [3.63, 3.8) is 0 Å². The number of aliphatic carboxylic acids is 1. The number of fused-ring (bicyclic) bond motifs is 2. The number of para-hydroxylation sites is 1. The zero-order valence-electron chi connectivity index (χ0n) is 24.1. The highest BCUT2D eigenvalue weighted by atomic mass is 32.2. The maximum Gasteiger partial charge on any atom is 0.310 e. The number of aryl methyl sites for hydroxylation is 3. The molecule has 0 unspecified atom stereocenters. The molecule has 0 aliphatic carbocycles. The molecule has 10 nitrogen and oxygen atoms in total. The molecule has 5 rings (SSSR count). The molecule has 0 saturated heterocycles. The normalized spacial score (nSPS) is 18.0. The van der Waals surface area contributed by atoms with Gasteiger partial charge in [-0.3, -0.25) is 4.79 Å². The van der Waals surface area contributed by atoms with Crippen molar-refractivity contribution in [2.24, 2.45) is 5.41 Å². The van der Waals surface area contributed by atoms with Gasteiger partial charge in [-0.05, 0) is 70.4 Å². The van der Waals surface area contributed by atoms with Crippen LogP contribution in [0.5, 0.6) is 5.75 Å². The molecule has 0 saturated carbocycles. The van der Waals surface area contributed by atoms with E-state index in [-0.39, 0.29) is 24.1 Å². The van der Waals surface area contributed by atoms with Crippen LogP contribution in [-0.4, -0.2) is 56.4 Å². The van der Waals surface area contributed by atoms with Gasteiger partial charge in [0.05, 0.1) is 35.6 Å². The number of carboxylic acids is 1. The first-order valence-corrected chi connectivity index (χ1v) is 15.9. The van der Waals surface area contributed by atoms with Crippen molar-refractivity contribution >= 4 is 38.4 Å². The summed E-state index contributed by atoms with van der Waals surface area (Å²) < 4.78 is 36.8. The van der Waals surface area contributed by atoms with E-state index in [4.69, 9.17) is 9.72 Å². The highest BCUT2D eigenvalue weighted by Gasteiger charge is 2.43. The number of thiazole rings is 1. The van der Waals surface area contributed by atoms with Crippen molar-refractivity contribution in [1.29, 1.82) is 0 Å². The van der Waals surface area contributed by atoms with Crippen LogP contribution in [0.3, 0.4) is 0 Å². The fourth-order valence-electron chi connectivity index (χ4n) is 5.37. The Labute approximate surface area is 244 Å². The third-order valence-corrected chi connectivity index (χ3v) is 10.9. The molecular formula is C29H35N5O5S2. The Bertz CT molecular complexity index is 1730. The third kappa shape index (κ3) is 5.02. The van der Waals surface area contributed by atoms with E-state index in [1.54, 1.807) is 38.1 Å². The summed E-state index contributed by atoms with van der Waals surface area (Å²) in [5, 5.41) is 19.5. The second-order valence-electron chi connectivity index (χ2n) is 11.0. The maximum absolute atomic E-state index is 13.7. The Morgan fingerprint density at radius 1 is 1.20 bits per heavy atom. The Hall–Kier alpha value is -3.35. The molecular weight excluding hydrogens is 562 g/mol. The predicted octanol–water partition coefficient (Wildman–Crippen LogP) is 5.13. The molecule has 1 aliphatic rings. The van der Waals surface area contributed by atoms with Crippen molar-refractivity contribution < 1.29 is 23.1 Å². The van der Waals surface area contributed by atoms with Gasteiger partial charge in [-0.2, -0.15) is 4.31 Å². The van der Waals surface area contributed by atoms with E-state index in [1.165, 1.54) is 15.6 Å². The number of rotatable bonds is 8. The topological polar surface area (TPSA) is 128 Å². The fourth-order valence-corrected chi connectivity index (χ4v) is 8.17. The van der Waals surface area contributed by atoms with Gasteiger partial charge in [0.15, 0.2) is 0 Å². The number of carboxylic acid groups (broad SMARTS) is 1. The summed E-state index contributed by atoms with van der Waals surface area (Å²) >= 11 is 1.40. The summed E-state index contributed by atoms with van der Waals surface area (Å²) in [6.45, 7) is 12.1. The van der Waals surface area contributed by atoms with E-state index in [0.29, 0.717) is 29.4 Å². The molecule has 2 aromatic carbocycles. The third-order valence-electron chi connectivity index (χ3n) is 7.97. The SMILES string of the molecule is CC[C@@H]1CN(Cc2nc([C@H](c3ccc4c(nnn4CC)c3C)C(C)(C)C(=O)O)sc2C)S(=O)(=O)c2ccccc2O1. The Morgan fingerprint density at radius 3 is 2.61 bits per heavy atom. The van der Waals surface area contributed by atoms with Crippen LogP contribution in [0.1, 0.15) is 66.7 Å². The Morgan fingerprint density at radius 2 is 1.93 bits per heavy atom. The lowest BCUT2D eigenvalue weighted by Gasteiger charge is -2.30. The van der Waals surface area contributed by atoms with E-state index in [9.17, 15) is 18.3 Å². The first-order valence-electron chi connectivity index (χ1n) is 13.7. The molecule has 41 heavy (non-hydrogen) atoms. The minimum atomic E-state index is -3.85. The molecule has 0 radical (unpaired) electrons. The summed E-state index contributed by atoms with van der Waals surface area (Å²) in [4.78, 5) is 18.5. The van der Waals surface area contributed by atoms with Gasteiger partial charge in [0.2, 0.25) is 10.0 Å². The zero-order valence-corrected chi connectivity index (χ0v) is 25.7. The fraction of sp³-hybridized carbons (Fsp3) is 0.448. The molecule has 0 fully saturated rings. The minimum Gasteiger partial charge on any atom is -0.488 e. The molecule has 0 bridgehead atoms. The Balaban J connectivity index is 1.59. The van der Waals surface area contributed by atoms with Crippen molar-refractivity contribution in [1.82, 2.24) is 24.3 Å². The monoisotopic (exact) mass is 597 g/mol. The van der Waals surface area contributed by atoms with E-state index < -0.39 is 27.3 Å². The van der Waals surface area contributed by atoms with Gasteiger partial charge < -0.3 is 9.84 Å². The summed E-state index contributed by atoms with van der Waals surface area (Å²) in [5.41, 5.74) is 2.66. The first kappa shape index (κ1) is 29.2. The van der Waals surface area contributed by atoms with Crippen LogP contribution >= 0.6 is 11.3 Å². The predicted molar refractivity (Wildman–Crippen MR) is 157 cm³/mol. The molecule has 0 spiro atoms. The van der Waals surface area contributed by atoms with Crippen molar-refractivity contribution in [3.05, 3.63) is 63.1 Å².